The summed E-state index contributed by atoms with van der Waals surface area (Å²) in [6, 6.07) is 10.6. The molecule has 0 bridgehead atoms. The SMILES string of the molecule is C[C@@H](CC(C)(C)c1ccccc1)NC(=O)C(C)(C)C. The van der Waals surface area contributed by atoms with E-state index in [4.69, 9.17) is 0 Å². The van der Waals surface area contributed by atoms with Crippen LogP contribution < -0.4 is 5.32 Å². The Bertz CT molecular complexity index is 415. The van der Waals surface area contributed by atoms with Gasteiger partial charge in [-0.05, 0) is 24.3 Å². The summed E-state index contributed by atoms with van der Waals surface area (Å²) in [5.74, 6) is 0.115. The first-order chi connectivity index (χ1) is 8.63. The molecule has 2 nitrogen and oxygen atoms in total. The Labute approximate surface area is 117 Å². The molecule has 0 spiro atoms. The molecule has 1 N–H and O–H groups in total. The number of rotatable bonds is 4. The molecule has 106 valence electrons. The summed E-state index contributed by atoms with van der Waals surface area (Å²) in [6.07, 6.45) is 0.929. The highest BCUT2D eigenvalue weighted by Crippen LogP contribution is 2.28. The fraction of sp³-hybridized carbons (Fsp3) is 0.588. The highest BCUT2D eigenvalue weighted by molar-refractivity contribution is 5.81. The van der Waals surface area contributed by atoms with Crippen LogP contribution in [0, 0.1) is 5.41 Å². The van der Waals surface area contributed by atoms with E-state index >= 15 is 0 Å². The number of carbonyl (C=O) groups is 1. The number of amides is 1. The van der Waals surface area contributed by atoms with Gasteiger partial charge in [-0.1, -0.05) is 65.0 Å². The molecule has 19 heavy (non-hydrogen) atoms. The second kappa shape index (κ2) is 5.77. The maximum absolute atomic E-state index is 12.0. The summed E-state index contributed by atoms with van der Waals surface area (Å²) in [7, 11) is 0. The lowest BCUT2D eigenvalue weighted by atomic mass is 9.79. The quantitative estimate of drug-likeness (QED) is 0.875. The van der Waals surface area contributed by atoms with E-state index < -0.39 is 0 Å². The Balaban J connectivity index is 2.66. The maximum atomic E-state index is 12.0. The highest BCUT2D eigenvalue weighted by Gasteiger charge is 2.27. The van der Waals surface area contributed by atoms with Crippen molar-refractivity contribution in [3.8, 4) is 0 Å². The lowest BCUT2D eigenvalue weighted by molar-refractivity contribution is -0.129. The van der Waals surface area contributed by atoms with Gasteiger partial charge in [0.1, 0.15) is 0 Å². The molecule has 0 radical (unpaired) electrons. The van der Waals surface area contributed by atoms with Crippen LogP contribution in [0.25, 0.3) is 0 Å². The van der Waals surface area contributed by atoms with E-state index in [2.05, 4.69) is 50.4 Å². The Kier molecular flexibility index (Phi) is 4.78. The minimum Gasteiger partial charge on any atom is -0.353 e. The van der Waals surface area contributed by atoms with Crippen molar-refractivity contribution in [2.75, 3.05) is 0 Å². The first-order valence-electron chi connectivity index (χ1n) is 6.99. The molecule has 1 rings (SSSR count). The van der Waals surface area contributed by atoms with Gasteiger partial charge in [-0.2, -0.15) is 0 Å². The summed E-state index contributed by atoms with van der Waals surface area (Å²) in [6.45, 7) is 12.4. The Morgan fingerprint density at radius 1 is 1.11 bits per heavy atom. The highest BCUT2D eigenvalue weighted by atomic mass is 16.2. The number of hydrogen-bond acceptors (Lipinski definition) is 1. The van der Waals surface area contributed by atoms with Gasteiger partial charge in [0.05, 0.1) is 0 Å². The average Bonchev–Trinajstić information content (AvgIpc) is 2.28. The van der Waals surface area contributed by atoms with Crippen LogP contribution in [0.5, 0.6) is 0 Å². The van der Waals surface area contributed by atoms with Crippen molar-refractivity contribution >= 4 is 5.91 Å². The van der Waals surface area contributed by atoms with E-state index in [0.29, 0.717) is 0 Å². The average molecular weight is 261 g/mol. The van der Waals surface area contributed by atoms with Crippen LogP contribution in [0.1, 0.15) is 53.5 Å². The molecular formula is C17H27NO. The molecular weight excluding hydrogens is 234 g/mol. The van der Waals surface area contributed by atoms with Crippen LogP contribution in [-0.2, 0) is 10.2 Å². The van der Waals surface area contributed by atoms with Gasteiger partial charge in [-0.15, -0.1) is 0 Å². The Morgan fingerprint density at radius 2 is 1.63 bits per heavy atom. The van der Waals surface area contributed by atoms with Gasteiger partial charge >= 0.3 is 0 Å². The van der Waals surface area contributed by atoms with Crippen LogP contribution in [0.2, 0.25) is 0 Å². The molecule has 0 saturated carbocycles. The fourth-order valence-electron chi connectivity index (χ4n) is 2.26. The van der Waals surface area contributed by atoms with E-state index in [-0.39, 0.29) is 22.8 Å². The van der Waals surface area contributed by atoms with Crippen molar-refractivity contribution in [2.24, 2.45) is 5.41 Å². The largest absolute Gasteiger partial charge is 0.353 e. The standard InChI is InChI=1S/C17H27NO/c1-13(18-15(19)16(2,3)4)12-17(5,6)14-10-8-7-9-11-14/h7-11,13H,12H2,1-6H3,(H,18,19)/t13-/m0/s1. The van der Waals surface area contributed by atoms with E-state index in [1.54, 1.807) is 0 Å². The summed E-state index contributed by atoms with van der Waals surface area (Å²) in [5, 5.41) is 3.11. The van der Waals surface area contributed by atoms with Crippen LogP contribution in [0.15, 0.2) is 30.3 Å². The lowest BCUT2D eigenvalue weighted by Crippen LogP contribution is -2.42. The maximum Gasteiger partial charge on any atom is 0.225 e. The van der Waals surface area contributed by atoms with Gasteiger partial charge in [0, 0.05) is 11.5 Å². The van der Waals surface area contributed by atoms with E-state index in [9.17, 15) is 4.79 Å². The zero-order valence-corrected chi connectivity index (χ0v) is 13.1. The van der Waals surface area contributed by atoms with E-state index in [1.807, 2.05) is 26.8 Å². The second-order valence-corrected chi connectivity index (χ2v) is 7.08. The number of carbonyl (C=O) groups excluding carboxylic acids is 1. The van der Waals surface area contributed by atoms with Crippen LogP contribution in [-0.4, -0.2) is 11.9 Å². The second-order valence-electron chi connectivity index (χ2n) is 7.08. The Hall–Kier alpha value is -1.31. The third-order valence-electron chi connectivity index (χ3n) is 3.43. The first kappa shape index (κ1) is 15.7. The molecule has 1 aromatic carbocycles. The molecule has 0 fully saturated rings. The molecule has 1 aromatic rings. The zero-order chi connectivity index (χ0) is 14.7. The topological polar surface area (TPSA) is 29.1 Å². The van der Waals surface area contributed by atoms with Crippen LogP contribution >= 0.6 is 0 Å². The molecule has 0 saturated heterocycles. The molecule has 0 aliphatic heterocycles. The smallest absolute Gasteiger partial charge is 0.225 e. The van der Waals surface area contributed by atoms with Gasteiger partial charge in [-0.3, -0.25) is 4.79 Å². The van der Waals surface area contributed by atoms with Crippen molar-refractivity contribution in [2.45, 2.75) is 59.4 Å². The minimum absolute atomic E-state index is 0.0614. The molecule has 0 aliphatic rings. The predicted octanol–water partition coefficient (Wildman–Crippen LogP) is 3.91. The monoisotopic (exact) mass is 261 g/mol. The van der Waals surface area contributed by atoms with Gasteiger partial charge in [-0.25, -0.2) is 0 Å². The van der Waals surface area contributed by atoms with E-state index in [1.165, 1.54) is 5.56 Å². The molecule has 0 unspecified atom stereocenters. The summed E-state index contributed by atoms with van der Waals surface area (Å²) >= 11 is 0. The number of hydrogen-bond donors (Lipinski definition) is 1. The summed E-state index contributed by atoms with van der Waals surface area (Å²) < 4.78 is 0. The number of benzene rings is 1. The molecule has 0 heterocycles. The lowest BCUT2D eigenvalue weighted by Gasteiger charge is -2.30. The minimum atomic E-state index is -0.328. The molecule has 0 aliphatic carbocycles. The predicted molar refractivity (Wildman–Crippen MR) is 81.1 cm³/mol. The van der Waals surface area contributed by atoms with Crippen molar-refractivity contribution in [3.05, 3.63) is 35.9 Å². The Morgan fingerprint density at radius 3 is 2.11 bits per heavy atom. The van der Waals surface area contributed by atoms with Gasteiger partial charge in [0.15, 0.2) is 0 Å². The molecule has 1 amide bonds. The summed E-state index contributed by atoms with van der Waals surface area (Å²) in [4.78, 5) is 12.0. The third-order valence-corrected chi connectivity index (χ3v) is 3.43. The normalized spacial score (nSPS) is 14.0. The summed E-state index contributed by atoms with van der Waals surface area (Å²) in [5.41, 5.74) is 1.05. The van der Waals surface area contributed by atoms with E-state index in [0.717, 1.165) is 6.42 Å². The fourth-order valence-corrected chi connectivity index (χ4v) is 2.26. The molecule has 1 atom stereocenters. The number of nitrogens with one attached hydrogen (secondary N) is 1. The van der Waals surface area contributed by atoms with Crippen molar-refractivity contribution in [3.63, 3.8) is 0 Å². The first-order valence-corrected chi connectivity index (χ1v) is 6.99. The van der Waals surface area contributed by atoms with Gasteiger partial charge in [0.25, 0.3) is 0 Å². The molecule has 0 aromatic heterocycles. The van der Waals surface area contributed by atoms with Gasteiger partial charge in [0.2, 0.25) is 5.91 Å². The van der Waals surface area contributed by atoms with Crippen LogP contribution in [0.3, 0.4) is 0 Å². The third kappa shape index (κ3) is 4.70. The van der Waals surface area contributed by atoms with Gasteiger partial charge < -0.3 is 5.32 Å². The molecule has 2 heteroatoms. The van der Waals surface area contributed by atoms with Crippen LogP contribution in [0.4, 0.5) is 0 Å². The van der Waals surface area contributed by atoms with Crippen molar-refractivity contribution < 1.29 is 4.79 Å². The van der Waals surface area contributed by atoms with Crippen molar-refractivity contribution in [1.29, 1.82) is 0 Å². The van der Waals surface area contributed by atoms with Crippen molar-refractivity contribution in [1.82, 2.24) is 5.32 Å². The zero-order valence-electron chi connectivity index (χ0n) is 13.1.